The molecule has 0 bridgehead atoms. The molecule has 2 aromatic rings. The fourth-order valence-corrected chi connectivity index (χ4v) is 4.85. The van der Waals surface area contributed by atoms with E-state index in [0.717, 1.165) is 42.1 Å². The number of hydrogen-bond donors (Lipinski definition) is 1. The van der Waals surface area contributed by atoms with Gasteiger partial charge in [-0.25, -0.2) is 4.79 Å². The van der Waals surface area contributed by atoms with E-state index in [9.17, 15) is 14.4 Å². The molecule has 0 spiro atoms. The number of benzene rings is 2. The molecule has 188 valence electrons. The Morgan fingerprint density at radius 2 is 1.74 bits per heavy atom. The van der Waals surface area contributed by atoms with Crippen molar-refractivity contribution in [3.8, 4) is 0 Å². The van der Waals surface area contributed by atoms with E-state index in [1.165, 1.54) is 30.4 Å². The first-order valence-corrected chi connectivity index (χ1v) is 12.7. The lowest BCUT2D eigenvalue weighted by molar-refractivity contribution is -0.128. The van der Waals surface area contributed by atoms with Crippen LogP contribution in [0.25, 0.3) is 0 Å². The number of nitrogens with one attached hydrogen (secondary N) is 1. The molecule has 0 aromatic heterocycles. The number of likely N-dealkylation sites (N-methyl/N-ethyl adjacent to an activating group) is 1. The van der Waals surface area contributed by atoms with E-state index in [4.69, 9.17) is 4.74 Å². The van der Waals surface area contributed by atoms with E-state index < -0.39 is 18.2 Å². The molecule has 1 aliphatic carbocycles. The van der Waals surface area contributed by atoms with Crippen molar-refractivity contribution in [2.45, 2.75) is 64.1 Å². The summed E-state index contributed by atoms with van der Waals surface area (Å²) in [5.41, 5.74) is 2.24. The van der Waals surface area contributed by atoms with Crippen molar-refractivity contribution < 1.29 is 19.1 Å². The number of aryl methyl sites for hydroxylation is 1. The van der Waals surface area contributed by atoms with Crippen LogP contribution in [-0.4, -0.2) is 49.0 Å². The van der Waals surface area contributed by atoms with Gasteiger partial charge in [0.25, 0.3) is 5.91 Å². The van der Waals surface area contributed by atoms with Crippen molar-refractivity contribution in [2.24, 2.45) is 0 Å². The average molecular weight is 498 g/mol. The van der Waals surface area contributed by atoms with Crippen molar-refractivity contribution in [1.29, 1.82) is 0 Å². The van der Waals surface area contributed by atoms with Gasteiger partial charge in [0.1, 0.15) is 12.1 Å². The second kappa shape index (κ2) is 12.2. The predicted molar refractivity (Wildman–Crippen MR) is 142 cm³/mol. The lowest BCUT2D eigenvalue weighted by atomic mass is 9.93. The largest absolute Gasteiger partial charge is 0.453 e. The zero-order chi connectivity index (χ0) is 25.5. The molecule has 35 heavy (non-hydrogen) atoms. The fraction of sp³-hybridized carbons (Fsp3) is 0.444. The van der Waals surface area contributed by atoms with E-state index in [1.54, 1.807) is 6.92 Å². The lowest BCUT2D eigenvalue weighted by Gasteiger charge is -2.37. The summed E-state index contributed by atoms with van der Waals surface area (Å²) in [6.45, 7) is 3.58. The van der Waals surface area contributed by atoms with E-state index in [-0.39, 0.29) is 17.9 Å². The van der Waals surface area contributed by atoms with Gasteiger partial charge in [-0.05, 0) is 55.3 Å². The van der Waals surface area contributed by atoms with Crippen molar-refractivity contribution in [3.05, 3.63) is 59.7 Å². The third-order valence-electron chi connectivity index (χ3n) is 6.73. The van der Waals surface area contributed by atoms with Crippen LogP contribution in [0.3, 0.4) is 0 Å². The van der Waals surface area contributed by atoms with Crippen LogP contribution in [0.15, 0.2) is 48.5 Å². The highest BCUT2D eigenvalue weighted by molar-refractivity contribution is 7.27. The zero-order valence-electron chi connectivity index (χ0n) is 21.0. The Kier molecular flexibility index (Phi) is 9.27. The van der Waals surface area contributed by atoms with Gasteiger partial charge in [-0.15, -0.1) is 9.24 Å². The number of anilines is 1. The van der Waals surface area contributed by atoms with Gasteiger partial charge in [0, 0.05) is 18.8 Å². The average Bonchev–Trinajstić information content (AvgIpc) is 2.86. The van der Waals surface area contributed by atoms with Crippen LogP contribution in [0.1, 0.15) is 56.2 Å². The number of amides is 3. The highest BCUT2D eigenvalue weighted by Crippen LogP contribution is 2.32. The molecular weight excluding hydrogens is 461 g/mol. The Bertz CT molecular complexity index is 1050. The molecule has 8 heteroatoms. The van der Waals surface area contributed by atoms with Gasteiger partial charge in [-0.1, -0.05) is 55.7 Å². The Morgan fingerprint density at radius 3 is 2.37 bits per heavy atom. The molecule has 2 aromatic carbocycles. The summed E-state index contributed by atoms with van der Waals surface area (Å²) in [6.07, 6.45) is 4.59. The summed E-state index contributed by atoms with van der Waals surface area (Å²) in [5, 5.41) is 4.10. The number of methoxy groups -OCH3 is 1. The van der Waals surface area contributed by atoms with Crippen LogP contribution in [0, 0.1) is 6.92 Å². The van der Waals surface area contributed by atoms with Gasteiger partial charge < -0.3 is 10.1 Å². The molecule has 1 unspecified atom stereocenters. The number of hydrogen-bond acceptors (Lipinski definition) is 4. The smallest absolute Gasteiger partial charge is 0.409 e. The van der Waals surface area contributed by atoms with Crippen LogP contribution >= 0.6 is 9.24 Å². The number of carbonyl (C=O) groups is 3. The highest BCUT2D eigenvalue weighted by Gasteiger charge is 2.38. The van der Waals surface area contributed by atoms with Gasteiger partial charge in [0.2, 0.25) is 5.91 Å². The summed E-state index contributed by atoms with van der Waals surface area (Å²) >= 11 is 0. The number of ether oxygens (including phenoxy) is 1. The Morgan fingerprint density at radius 1 is 1.06 bits per heavy atom. The van der Waals surface area contributed by atoms with Gasteiger partial charge in [0.05, 0.1) is 7.11 Å². The van der Waals surface area contributed by atoms with Crippen molar-refractivity contribution in [3.63, 3.8) is 0 Å². The summed E-state index contributed by atoms with van der Waals surface area (Å²) in [7, 11) is 5.43. The number of carbonyl (C=O) groups excluding carboxylic acids is 3. The van der Waals surface area contributed by atoms with Crippen molar-refractivity contribution in [1.82, 2.24) is 10.2 Å². The minimum Gasteiger partial charge on any atom is -0.453 e. The highest BCUT2D eigenvalue weighted by atomic mass is 31.0. The summed E-state index contributed by atoms with van der Waals surface area (Å²) in [4.78, 5) is 42.9. The predicted octanol–water partition coefficient (Wildman–Crippen LogP) is 4.11. The molecule has 3 amide bonds. The monoisotopic (exact) mass is 497 g/mol. The molecular formula is C27H36N3O4P. The van der Waals surface area contributed by atoms with E-state index in [1.807, 2.05) is 55.5 Å². The zero-order valence-corrected chi connectivity index (χ0v) is 22.1. The van der Waals surface area contributed by atoms with Crippen LogP contribution in [0.5, 0.6) is 0 Å². The van der Waals surface area contributed by atoms with Crippen molar-refractivity contribution in [2.75, 3.05) is 19.1 Å². The van der Waals surface area contributed by atoms with Crippen LogP contribution in [0.2, 0.25) is 0 Å². The van der Waals surface area contributed by atoms with Gasteiger partial charge >= 0.3 is 6.09 Å². The first kappa shape index (κ1) is 26.7. The van der Waals surface area contributed by atoms with E-state index >= 15 is 0 Å². The Labute approximate surface area is 210 Å². The van der Waals surface area contributed by atoms with E-state index in [2.05, 4.69) is 14.6 Å². The molecule has 0 aliphatic heterocycles. The molecule has 7 nitrogen and oxygen atoms in total. The maximum Gasteiger partial charge on any atom is 0.409 e. The topological polar surface area (TPSA) is 79.0 Å². The minimum atomic E-state index is -0.897. The SMILES string of the molecule is COC(=O)N(C)[C@@H](C)C(=O)N(c1cccc(P)c1)[C@H](C(=O)NC1CCCCC1)c1ccccc1C. The van der Waals surface area contributed by atoms with Gasteiger partial charge in [-0.2, -0.15) is 0 Å². The maximum absolute atomic E-state index is 14.0. The molecule has 0 radical (unpaired) electrons. The molecule has 1 aliphatic rings. The summed E-state index contributed by atoms with van der Waals surface area (Å²) in [6, 6.07) is 13.4. The van der Waals surface area contributed by atoms with Gasteiger partial charge in [0.15, 0.2) is 0 Å². The molecule has 3 atom stereocenters. The Balaban J connectivity index is 2.11. The lowest BCUT2D eigenvalue weighted by Crippen LogP contribution is -2.53. The molecule has 1 fully saturated rings. The maximum atomic E-state index is 14.0. The first-order chi connectivity index (χ1) is 16.7. The number of nitrogens with zero attached hydrogens (tertiary/aromatic N) is 2. The molecule has 3 rings (SSSR count). The Hall–Kier alpha value is -2.92. The summed E-state index contributed by atoms with van der Waals surface area (Å²) in [5.74, 6) is -0.595. The van der Waals surface area contributed by atoms with Crippen LogP contribution in [0.4, 0.5) is 10.5 Å². The van der Waals surface area contributed by atoms with Crippen molar-refractivity contribution >= 4 is 38.1 Å². The van der Waals surface area contributed by atoms with E-state index in [0.29, 0.717) is 5.69 Å². The molecule has 0 heterocycles. The normalized spacial score (nSPS) is 15.6. The standard InChI is InChI=1S/C27H36N3O4P/c1-18-11-8-9-16-23(18)24(25(31)28-20-12-6-5-7-13-20)30(21-14-10-15-22(35)17-21)26(32)19(2)29(3)27(33)34-4/h8-11,14-17,19-20,24H,5-7,12-13,35H2,1-4H3,(H,28,31)/t19-,24-/m0/s1. The second-order valence-electron chi connectivity index (χ2n) is 9.16. The minimum absolute atomic E-state index is 0.0861. The molecule has 1 N–H and O–H groups in total. The van der Waals surface area contributed by atoms with Crippen LogP contribution < -0.4 is 15.5 Å². The quantitative estimate of drug-likeness (QED) is 0.584. The summed E-state index contributed by atoms with van der Waals surface area (Å²) < 4.78 is 4.83. The van der Waals surface area contributed by atoms with Gasteiger partial charge in [-0.3, -0.25) is 19.4 Å². The molecule has 0 saturated heterocycles. The first-order valence-electron chi connectivity index (χ1n) is 12.1. The second-order valence-corrected chi connectivity index (χ2v) is 9.83. The third kappa shape index (κ3) is 6.40. The number of rotatable bonds is 7. The fourth-order valence-electron chi connectivity index (χ4n) is 4.57. The van der Waals surface area contributed by atoms with Crippen LogP contribution in [-0.2, 0) is 14.3 Å². The molecule has 1 saturated carbocycles. The third-order valence-corrected chi connectivity index (χ3v) is 7.09.